The highest BCUT2D eigenvalue weighted by molar-refractivity contribution is 5.90. The largest absolute Gasteiger partial charge is 0.348 e. The average molecular weight is 455 g/mol. The van der Waals surface area contributed by atoms with Crippen LogP contribution in [-0.2, 0) is 6.54 Å². The second-order valence-electron chi connectivity index (χ2n) is 8.38. The summed E-state index contributed by atoms with van der Waals surface area (Å²) in [5.74, 6) is 0.399. The molecule has 8 heteroatoms. The summed E-state index contributed by atoms with van der Waals surface area (Å²) in [5.41, 5.74) is 3.91. The van der Waals surface area contributed by atoms with Gasteiger partial charge in [-0.05, 0) is 36.2 Å². The molecule has 34 heavy (non-hydrogen) atoms. The van der Waals surface area contributed by atoms with Gasteiger partial charge in [0.2, 0.25) is 0 Å². The van der Waals surface area contributed by atoms with Gasteiger partial charge < -0.3 is 15.1 Å². The molecule has 0 aliphatic carbocycles. The summed E-state index contributed by atoms with van der Waals surface area (Å²) in [5, 5.41) is 2.99. The third-order valence-corrected chi connectivity index (χ3v) is 6.12. The molecule has 3 heterocycles. The fourth-order valence-corrected chi connectivity index (χ4v) is 4.21. The van der Waals surface area contributed by atoms with Crippen molar-refractivity contribution in [3.8, 4) is 0 Å². The second-order valence-corrected chi connectivity index (χ2v) is 8.38. The first-order chi connectivity index (χ1) is 16.6. The molecule has 1 saturated heterocycles. The van der Waals surface area contributed by atoms with Crippen LogP contribution in [0.4, 0.5) is 16.3 Å². The number of fused-ring (bicyclic) bond motifs is 1. The predicted octanol–water partition coefficient (Wildman–Crippen LogP) is 3.50. The van der Waals surface area contributed by atoms with E-state index in [1.54, 1.807) is 15.7 Å². The Bertz CT molecular complexity index is 1380. The van der Waals surface area contributed by atoms with E-state index in [0.29, 0.717) is 49.7 Å². The van der Waals surface area contributed by atoms with Gasteiger partial charge in [0.1, 0.15) is 5.52 Å². The van der Waals surface area contributed by atoms with Crippen LogP contribution in [0.3, 0.4) is 0 Å². The van der Waals surface area contributed by atoms with E-state index in [2.05, 4.69) is 15.3 Å². The van der Waals surface area contributed by atoms with E-state index in [-0.39, 0.29) is 11.6 Å². The Kier molecular flexibility index (Phi) is 5.95. The summed E-state index contributed by atoms with van der Waals surface area (Å²) in [6.07, 6.45) is 1.68. The lowest BCUT2D eigenvalue weighted by atomic mass is 10.2. The fraction of sp³-hybridized carbons (Fsp3) is 0.231. The molecular formula is C26H26N6O2. The Hall–Kier alpha value is -4.20. The van der Waals surface area contributed by atoms with Crippen molar-refractivity contribution < 1.29 is 4.79 Å². The number of aromatic nitrogens is 3. The van der Waals surface area contributed by atoms with Crippen LogP contribution in [0.15, 0.2) is 77.7 Å². The number of hydrogen-bond donors (Lipinski definition) is 1. The first-order valence-corrected chi connectivity index (χ1v) is 11.4. The SMILES string of the molecule is Cc1ccccc1NC(=O)N1CCN(c2nc3cccnc3n(Cc3ccccc3)c2=O)CC1. The summed E-state index contributed by atoms with van der Waals surface area (Å²) < 4.78 is 1.68. The Morgan fingerprint density at radius 2 is 1.68 bits per heavy atom. The number of pyridine rings is 1. The minimum atomic E-state index is -0.173. The van der Waals surface area contributed by atoms with Gasteiger partial charge in [0.05, 0.1) is 6.54 Å². The van der Waals surface area contributed by atoms with Gasteiger partial charge in [-0.15, -0.1) is 0 Å². The molecule has 0 atom stereocenters. The number of para-hydroxylation sites is 1. The molecule has 1 fully saturated rings. The molecule has 0 radical (unpaired) electrons. The zero-order valence-electron chi connectivity index (χ0n) is 19.0. The maximum absolute atomic E-state index is 13.5. The van der Waals surface area contributed by atoms with Crippen LogP contribution in [0.5, 0.6) is 0 Å². The normalized spacial score (nSPS) is 13.8. The lowest BCUT2D eigenvalue weighted by Gasteiger charge is -2.35. The van der Waals surface area contributed by atoms with Crippen LogP contribution < -0.4 is 15.8 Å². The van der Waals surface area contributed by atoms with Crippen molar-refractivity contribution in [2.75, 3.05) is 36.4 Å². The smallest absolute Gasteiger partial charge is 0.321 e. The maximum Gasteiger partial charge on any atom is 0.321 e. The number of nitrogens with one attached hydrogen (secondary N) is 1. The van der Waals surface area contributed by atoms with Crippen LogP contribution in [0.2, 0.25) is 0 Å². The first kappa shape index (κ1) is 21.6. The second kappa shape index (κ2) is 9.35. The maximum atomic E-state index is 13.5. The monoisotopic (exact) mass is 454 g/mol. The molecule has 8 nitrogen and oxygen atoms in total. The molecule has 0 saturated carbocycles. The summed E-state index contributed by atoms with van der Waals surface area (Å²) in [4.78, 5) is 39.1. The first-order valence-electron chi connectivity index (χ1n) is 11.4. The minimum Gasteiger partial charge on any atom is -0.348 e. The van der Waals surface area contributed by atoms with Gasteiger partial charge in [-0.25, -0.2) is 14.8 Å². The molecule has 5 rings (SSSR count). The van der Waals surface area contributed by atoms with Crippen molar-refractivity contribution in [3.63, 3.8) is 0 Å². The van der Waals surface area contributed by atoms with Gasteiger partial charge in [0.15, 0.2) is 11.5 Å². The van der Waals surface area contributed by atoms with Crippen LogP contribution in [0, 0.1) is 6.92 Å². The third kappa shape index (κ3) is 4.34. The topological polar surface area (TPSA) is 83.4 Å². The van der Waals surface area contributed by atoms with Crippen molar-refractivity contribution in [3.05, 3.63) is 94.4 Å². The number of urea groups is 1. The number of aryl methyl sites for hydroxylation is 1. The fourth-order valence-electron chi connectivity index (χ4n) is 4.21. The molecule has 2 aromatic carbocycles. The predicted molar refractivity (Wildman–Crippen MR) is 133 cm³/mol. The van der Waals surface area contributed by atoms with Crippen molar-refractivity contribution in [1.29, 1.82) is 0 Å². The number of benzene rings is 2. The Morgan fingerprint density at radius 3 is 2.44 bits per heavy atom. The highest BCUT2D eigenvalue weighted by Gasteiger charge is 2.25. The number of nitrogens with zero attached hydrogens (tertiary/aromatic N) is 5. The van der Waals surface area contributed by atoms with Crippen LogP contribution in [-0.4, -0.2) is 51.6 Å². The number of anilines is 2. The van der Waals surface area contributed by atoms with Crippen LogP contribution in [0.25, 0.3) is 11.2 Å². The summed E-state index contributed by atoms with van der Waals surface area (Å²) in [6, 6.07) is 21.1. The molecule has 0 spiro atoms. The molecule has 2 aromatic heterocycles. The third-order valence-electron chi connectivity index (χ3n) is 6.12. The molecule has 1 N–H and O–H groups in total. The van der Waals surface area contributed by atoms with E-state index >= 15 is 0 Å². The van der Waals surface area contributed by atoms with Crippen molar-refractivity contribution in [2.24, 2.45) is 0 Å². The number of hydrogen-bond acceptors (Lipinski definition) is 5. The summed E-state index contributed by atoms with van der Waals surface area (Å²) in [6.45, 7) is 4.45. The van der Waals surface area contributed by atoms with Crippen molar-refractivity contribution in [1.82, 2.24) is 19.4 Å². The molecule has 0 bridgehead atoms. The molecule has 4 aromatic rings. The van der Waals surface area contributed by atoms with Crippen molar-refractivity contribution >= 4 is 28.7 Å². The number of rotatable bonds is 4. The molecular weight excluding hydrogens is 428 g/mol. The minimum absolute atomic E-state index is 0.133. The highest BCUT2D eigenvalue weighted by atomic mass is 16.2. The zero-order valence-corrected chi connectivity index (χ0v) is 19.0. The van der Waals surface area contributed by atoms with E-state index < -0.39 is 0 Å². The average Bonchev–Trinajstić information content (AvgIpc) is 2.87. The van der Waals surface area contributed by atoms with E-state index in [1.165, 1.54) is 0 Å². The van der Waals surface area contributed by atoms with E-state index in [9.17, 15) is 9.59 Å². The number of amides is 2. The van der Waals surface area contributed by atoms with Crippen LogP contribution in [0.1, 0.15) is 11.1 Å². The number of piperazine rings is 1. The Labute approximate surface area is 197 Å². The van der Waals surface area contributed by atoms with Gasteiger partial charge in [0.25, 0.3) is 5.56 Å². The number of carbonyl (C=O) groups excluding carboxylic acids is 1. The Morgan fingerprint density at radius 1 is 0.941 bits per heavy atom. The zero-order chi connectivity index (χ0) is 23.5. The lowest BCUT2D eigenvalue weighted by molar-refractivity contribution is 0.208. The van der Waals surface area contributed by atoms with Crippen LogP contribution >= 0.6 is 0 Å². The quantitative estimate of drug-likeness (QED) is 0.510. The number of carbonyl (C=O) groups is 1. The van der Waals surface area contributed by atoms with E-state index in [0.717, 1.165) is 16.8 Å². The molecule has 1 aliphatic heterocycles. The molecule has 1 aliphatic rings. The van der Waals surface area contributed by atoms with Gasteiger partial charge in [-0.1, -0.05) is 48.5 Å². The van der Waals surface area contributed by atoms with Crippen molar-refractivity contribution in [2.45, 2.75) is 13.5 Å². The molecule has 172 valence electrons. The van der Waals surface area contributed by atoms with Gasteiger partial charge in [-0.2, -0.15) is 0 Å². The van der Waals surface area contributed by atoms with E-state index in [1.807, 2.05) is 78.6 Å². The van der Waals surface area contributed by atoms with E-state index in [4.69, 9.17) is 0 Å². The molecule has 0 unspecified atom stereocenters. The highest BCUT2D eigenvalue weighted by Crippen LogP contribution is 2.18. The van der Waals surface area contributed by atoms with Gasteiger partial charge in [0, 0.05) is 38.1 Å². The standard InChI is InChI=1S/C26H26N6O2/c1-19-8-5-6-11-21(19)29-26(34)31-16-14-30(15-17-31)24-25(33)32(18-20-9-3-2-4-10-20)23-22(28-24)12-7-13-27-23/h2-13H,14-18H2,1H3,(H,29,34). The molecule has 2 amide bonds. The Balaban J connectivity index is 1.37. The van der Waals surface area contributed by atoms with Gasteiger partial charge in [-0.3, -0.25) is 9.36 Å². The summed E-state index contributed by atoms with van der Waals surface area (Å²) >= 11 is 0. The summed E-state index contributed by atoms with van der Waals surface area (Å²) in [7, 11) is 0. The lowest BCUT2D eigenvalue weighted by Crippen LogP contribution is -2.51. The van der Waals surface area contributed by atoms with Gasteiger partial charge >= 0.3 is 6.03 Å².